The number of halogens is 6. The van der Waals surface area contributed by atoms with Crippen LogP contribution < -0.4 is 5.73 Å². The summed E-state index contributed by atoms with van der Waals surface area (Å²) in [6.45, 7) is 0. The molecule has 0 unspecified atom stereocenters. The molecule has 0 spiro atoms. The lowest BCUT2D eigenvalue weighted by Crippen LogP contribution is -2.17. The number of thioether (sulfide) groups is 1. The van der Waals surface area contributed by atoms with Crippen molar-refractivity contribution in [1.82, 2.24) is 4.98 Å². The van der Waals surface area contributed by atoms with Crippen LogP contribution in [0.1, 0.15) is 21.5 Å². The monoisotopic (exact) mass is 423 g/mol. The molecule has 1 aromatic carbocycles. The minimum atomic E-state index is -4.60. The molecule has 0 radical (unpaired) electrons. The molecule has 28 heavy (non-hydrogen) atoms. The summed E-state index contributed by atoms with van der Waals surface area (Å²) < 4.78 is 76.0. The van der Waals surface area contributed by atoms with Gasteiger partial charge in [-0.05, 0) is 36.4 Å². The van der Waals surface area contributed by atoms with Crippen LogP contribution in [-0.2, 0) is 17.2 Å². The van der Waals surface area contributed by atoms with Gasteiger partial charge >= 0.3 is 18.3 Å². The number of nitrogens with two attached hydrogens (primary N) is 1. The van der Waals surface area contributed by atoms with E-state index in [9.17, 15) is 31.1 Å². The summed E-state index contributed by atoms with van der Waals surface area (Å²) in [5.41, 5.74) is 3.38. The highest BCUT2D eigenvalue weighted by atomic mass is 32.2. The number of oxime groups is 1. The van der Waals surface area contributed by atoms with Gasteiger partial charge in [-0.15, -0.1) is 0 Å². The molecule has 0 bridgehead atoms. The first-order valence-corrected chi connectivity index (χ1v) is 8.33. The van der Waals surface area contributed by atoms with Crippen LogP contribution >= 0.6 is 11.8 Å². The number of carbonyl (C=O) groups excluding carboxylic acids is 1. The number of rotatable bonds is 5. The van der Waals surface area contributed by atoms with E-state index in [1.54, 1.807) is 0 Å². The minimum absolute atomic E-state index is 0.207. The van der Waals surface area contributed by atoms with E-state index < -0.39 is 29.4 Å². The minimum Gasteiger partial charge on any atom is -0.384 e. The van der Waals surface area contributed by atoms with Gasteiger partial charge in [-0.2, -0.15) is 26.3 Å². The molecule has 0 aliphatic carbocycles. The lowest BCUT2D eigenvalue weighted by Gasteiger charge is -2.10. The van der Waals surface area contributed by atoms with Crippen molar-refractivity contribution in [2.75, 3.05) is 5.75 Å². The van der Waals surface area contributed by atoms with E-state index in [1.807, 2.05) is 0 Å². The highest BCUT2D eigenvalue weighted by Gasteiger charge is 2.34. The number of carbonyl (C=O) groups is 1. The second-order valence-electron chi connectivity index (χ2n) is 5.18. The van der Waals surface area contributed by atoms with Crippen LogP contribution in [0.3, 0.4) is 0 Å². The average Bonchev–Trinajstić information content (AvgIpc) is 2.63. The van der Waals surface area contributed by atoms with Crippen molar-refractivity contribution in [3.63, 3.8) is 0 Å². The molecule has 2 aromatic rings. The fourth-order valence-electron chi connectivity index (χ4n) is 1.84. The number of amidine groups is 1. The van der Waals surface area contributed by atoms with Gasteiger partial charge in [0.25, 0.3) is 0 Å². The summed E-state index contributed by atoms with van der Waals surface area (Å²) in [5.74, 6) is -1.65. The third-order valence-corrected chi connectivity index (χ3v) is 4.17. The maximum Gasteiger partial charge on any atom is 0.419 e. The summed E-state index contributed by atoms with van der Waals surface area (Å²) in [6, 6.07) is 5.17. The first-order valence-electron chi connectivity index (χ1n) is 7.34. The molecular formula is C16H11F6N3O2S. The number of pyridine rings is 1. The Kier molecular flexibility index (Phi) is 6.54. The summed E-state index contributed by atoms with van der Waals surface area (Å²) in [7, 11) is 0. The molecule has 2 N–H and O–H groups in total. The summed E-state index contributed by atoms with van der Waals surface area (Å²) in [4.78, 5) is 19.8. The van der Waals surface area contributed by atoms with E-state index in [4.69, 9.17) is 5.73 Å². The van der Waals surface area contributed by atoms with Crippen molar-refractivity contribution in [2.24, 2.45) is 10.9 Å². The van der Waals surface area contributed by atoms with Gasteiger partial charge in [0.05, 0.1) is 22.4 Å². The maximum atomic E-state index is 12.9. The zero-order valence-electron chi connectivity index (χ0n) is 13.7. The zero-order chi connectivity index (χ0) is 20.9. The second kappa shape index (κ2) is 8.50. The zero-order valence-corrected chi connectivity index (χ0v) is 14.5. The molecule has 0 fully saturated rings. The van der Waals surface area contributed by atoms with Crippen LogP contribution in [-0.4, -0.2) is 22.5 Å². The molecule has 1 heterocycles. The molecule has 150 valence electrons. The van der Waals surface area contributed by atoms with E-state index in [1.165, 1.54) is 6.20 Å². The summed E-state index contributed by atoms with van der Waals surface area (Å²) in [5, 5.41) is 2.94. The van der Waals surface area contributed by atoms with Crippen LogP contribution in [0.25, 0.3) is 0 Å². The van der Waals surface area contributed by atoms with Crippen molar-refractivity contribution in [1.29, 1.82) is 0 Å². The first kappa shape index (κ1) is 21.5. The first-order chi connectivity index (χ1) is 13.0. The van der Waals surface area contributed by atoms with Gasteiger partial charge in [0.15, 0.2) is 5.84 Å². The van der Waals surface area contributed by atoms with Crippen molar-refractivity contribution >= 4 is 23.6 Å². The van der Waals surface area contributed by atoms with Gasteiger partial charge < -0.3 is 10.6 Å². The quantitative estimate of drug-likeness (QED) is 0.193. The van der Waals surface area contributed by atoms with Crippen molar-refractivity contribution in [3.8, 4) is 0 Å². The smallest absolute Gasteiger partial charge is 0.384 e. The Morgan fingerprint density at radius 3 is 2.29 bits per heavy atom. The van der Waals surface area contributed by atoms with E-state index >= 15 is 0 Å². The Labute approximate surface area is 158 Å². The predicted molar refractivity (Wildman–Crippen MR) is 88.4 cm³/mol. The molecular weight excluding hydrogens is 412 g/mol. The van der Waals surface area contributed by atoms with Crippen molar-refractivity contribution in [3.05, 3.63) is 59.3 Å². The van der Waals surface area contributed by atoms with Crippen molar-refractivity contribution < 1.29 is 36.0 Å². The van der Waals surface area contributed by atoms with E-state index in [2.05, 4.69) is 15.0 Å². The van der Waals surface area contributed by atoms with Gasteiger partial charge in [-0.1, -0.05) is 16.9 Å². The third kappa shape index (κ3) is 5.87. The Morgan fingerprint density at radius 2 is 1.71 bits per heavy atom. The Hall–Kier alpha value is -2.76. The van der Waals surface area contributed by atoms with E-state index in [-0.39, 0.29) is 22.2 Å². The fourth-order valence-corrected chi connectivity index (χ4v) is 2.65. The molecule has 2 rings (SSSR count). The van der Waals surface area contributed by atoms with Gasteiger partial charge in [0.1, 0.15) is 5.03 Å². The lowest BCUT2D eigenvalue weighted by molar-refractivity contribution is -0.140. The second-order valence-corrected chi connectivity index (χ2v) is 6.14. The van der Waals surface area contributed by atoms with Crippen LogP contribution in [0.4, 0.5) is 26.3 Å². The van der Waals surface area contributed by atoms with Gasteiger partial charge in [-0.3, -0.25) is 0 Å². The molecule has 0 aliphatic rings. The molecule has 0 saturated carbocycles. The standard InChI is InChI=1S/C16H11F6N3O2S/c17-15(18,19)10-5-3-9(4-6-10)14(26)27-25-12(23)8-28-13-11(16(20,21)22)2-1-7-24-13/h1-7H,8H2,(H2,23,25). The average molecular weight is 423 g/mol. The van der Waals surface area contributed by atoms with Gasteiger partial charge in [0, 0.05) is 6.20 Å². The molecule has 5 nitrogen and oxygen atoms in total. The van der Waals surface area contributed by atoms with Crippen LogP contribution in [0.5, 0.6) is 0 Å². The van der Waals surface area contributed by atoms with Gasteiger partial charge in [0.2, 0.25) is 0 Å². The number of nitrogens with zero attached hydrogens (tertiary/aromatic N) is 2. The number of alkyl halides is 6. The van der Waals surface area contributed by atoms with Gasteiger partial charge in [-0.25, -0.2) is 9.78 Å². The summed E-state index contributed by atoms with van der Waals surface area (Å²) in [6.07, 6.45) is -7.98. The van der Waals surface area contributed by atoms with Crippen molar-refractivity contribution in [2.45, 2.75) is 17.4 Å². The molecule has 1 aromatic heterocycles. The molecule has 12 heteroatoms. The topological polar surface area (TPSA) is 77.6 Å². The molecule has 0 saturated heterocycles. The SMILES string of the molecule is N/C(CSc1ncccc1C(F)(F)F)=N/OC(=O)c1ccc(C(F)(F)F)cc1. The highest BCUT2D eigenvalue weighted by molar-refractivity contribution is 8.00. The summed E-state index contributed by atoms with van der Waals surface area (Å²) >= 11 is 0.631. The van der Waals surface area contributed by atoms with Crippen LogP contribution in [0.2, 0.25) is 0 Å². The highest BCUT2D eigenvalue weighted by Crippen LogP contribution is 2.35. The molecule has 0 aliphatic heterocycles. The van der Waals surface area contributed by atoms with E-state index in [0.717, 1.165) is 24.3 Å². The molecule has 0 amide bonds. The molecule has 0 atom stereocenters. The number of hydrogen-bond donors (Lipinski definition) is 1. The Morgan fingerprint density at radius 1 is 1.07 bits per heavy atom. The maximum absolute atomic E-state index is 12.9. The number of benzene rings is 1. The largest absolute Gasteiger partial charge is 0.419 e. The normalized spacial score (nSPS) is 12.7. The number of hydrogen-bond acceptors (Lipinski definition) is 5. The fraction of sp³-hybridized carbons (Fsp3) is 0.188. The lowest BCUT2D eigenvalue weighted by atomic mass is 10.1. The predicted octanol–water partition coefficient (Wildman–Crippen LogP) is 4.34. The van der Waals surface area contributed by atoms with Crippen LogP contribution in [0, 0.1) is 0 Å². The van der Waals surface area contributed by atoms with E-state index in [0.29, 0.717) is 23.9 Å². The Balaban J connectivity index is 1.97. The Bertz CT molecular complexity index is 866. The number of aromatic nitrogens is 1. The van der Waals surface area contributed by atoms with Crippen LogP contribution in [0.15, 0.2) is 52.8 Å². The third-order valence-electron chi connectivity index (χ3n) is 3.13.